The zero-order chi connectivity index (χ0) is 19.7. The van der Waals surface area contributed by atoms with Crippen LogP contribution in [0.5, 0.6) is 11.5 Å². The molecule has 1 N–H and O–H groups in total. The van der Waals surface area contributed by atoms with E-state index in [2.05, 4.69) is 27.2 Å². The zero-order valence-electron chi connectivity index (χ0n) is 15.8. The van der Waals surface area contributed by atoms with Crippen LogP contribution in [0.15, 0.2) is 24.5 Å². The van der Waals surface area contributed by atoms with Crippen LogP contribution in [0.3, 0.4) is 0 Å². The molecule has 0 saturated carbocycles. The number of rotatable bonds is 5. The second-order valence-corrected chi connectivity index (χ2v) is 6.99. The Morgan fingerprint density at radius 3 is 2.75 bits per heavy atom. The van der Waals surface area contributed by atoms with Gasteiger partial charge in [-0.15, -0.1) is 0 Å². The van der Waals surface area contributed by atoms with Crippen molar-refractivity contribution in [2.75, 3.05) is 44.2 Å². The predicted molar refractivity (Wildman–Crippen MR) is 103 cm³/mol. The highest BCUT2D eigenvalue weighted by atomic mass is 16.7. The molecule has 0 spiro atoms. The van der Waals surface area contributed by atoms with Crippen LogP contribution in [0, 0.1) is 10.1 Å². The molecular formula is C18H22N6O4. The summed E-state index contributed by atoms with van der Waals surface area (Å²) in [6.07, 6.45) is 3.21. The van der Waals surface area contributed by atoms with E-state index in [4.69, 9.17) is 9.47 Å². The van der Waals surface area contributed by atoms with E-state index in [1.54, 1.807) is 18.2 Å². The first-order valence-electron chi connectivity index (χ1n) is 9.10. The van der Waals surface area contributed by atoms with Gasteiger partial charge in [-0.25, -0.2) is 9.97 Å². The summed E-state index contributed by atoms with van der Waals surface area (Å²) in [6, 6.07) is 5.44. The summed E-state index contributed by atoms with van der Waals surface area (Å²) in [6.45, 7) is 2.07. The molecule has 1 saturated heterocycles. The summed E-state index contributed by atoms with van der Waals surface area (Å²) in [5.74, 6) is 1.70. The van der Waals surface area contributed by atoms with Crippen LogP contribution in [0.2, 0.25) is 0 Å². The zero-order valence-corrected chi connectivity index (χ0v) is 15.8. The molecule has 0 unspecified atom stereocenters. The second-order valence-electron chi connectivity index (χ2n) is 6.99. The van der Waals surface area contributed by atoms with Crippen molar-refractivity contribution in [2.24, 2.45) is 0 Å². The molecular weight excluding hydrogens is 364 g/mol. The lowest BCUT2D eigenvalue weighted by Gasteiger charge is -2.35. The first-order valence-corrected chi connectivity index (χ1v) is 9.10. The smallest absolute Gasteiger partial charge is 0.353 e. The summed E-state index contributed by atoms with van der Waals surface area (Å²) in [7, 11) is 3.94. The Labute approximate surface area is 162 Å². The fourth-order valence-electron chi connectivity index (χ4n) is 3.55. The van der Waals surface area contributed by atoms with Crippen LogP contribution in [-0.2, 0) is 0 Å². The summed E-state index contributed by atoms with van der Waals surface area (Å²) in [5, 5.41) is 14.9. The standard InChI is InChI=1S/C18H22N6O4/c1-22-7-5-13(6-8-22)23(2)18-16(24(25)26)17(19-10-20-18)21-12-3-4-14-15(9-12)28-11-27-14/h3-4,9-10,13H,5-8,11H2,1-2H3,(H,19,20,21). The van der Waals surface area contributed by atoms with Gasteiger partial charge in [-0.2, -0.15) is 0 Å². The van der Waals surface area contributed by atoms with Crippen LogP contribution >= 0.6 is 0 Å². The molecule has 3 heterocycles. The van der Waals surface area contributed by atoms with E-state index in [0.29, 0.717) is 23.0 Å². The minimum absolute atomic E-state index is 0.137. The average Bonchev–Trinajstić information content (AvgIpc) is 3.15. The number of piperidine rings is 1. The summed E-state index contributed by atoms with van der Waals surface area (Å²) >= 11 is 0. The summed E-state index contributed by atoms with van der Waals surface area (Å²) < 4.78 is 10.7. The number of nitrogens with one attached hydrogen (secondary N) is 1. The fourth-order valence-corrected chi connectivity index (χ4v) is 3.55. The molecule has 0 amide bonds. The molecule has 1 fully saturated rings. The molecule has 0 bridgehead atoms. The lowest BCUT2D eigenvalue weighted by Crippen LogP contribution is -2.42. The van der Waals surface area contributed by atoms with Gasteiger partial charge < -0.3 is 24.6 Å². The number of benzene rings is 1. The maximum atomic E-state index is 11.9. The van der Waals surface area contributed by atoms with Gasteiger partial charge >= 0.3 is 5.69 Å². The van der Waals surface area contributed by atoms with Crippen LogP contribution in [-0.4, -0.2) is 59.8 Å². The summed E-state index contributed by atoms with van der Waals surface area (Å²) in [4.78, 5) is 23.9. The molecule has 10 heteroatoms. The minimum atomic E-state index is -0.434. The number of aromatic nitrogens is 2. The van der Waals surface area contributed by atoms with Gasteiger partial charge in [0.2, 0.25) is 18.4 Å². The van der Waals surface area contributed by atoms with Gasteiger partial charge in [-0.1, -0.05) is 0 Å². The highest BCUT2D eigenvalue weighted by Gasteiger charge is 2.30. The predicted octanol–water partition coefficient (Wildman–Crippen LogP) is 2.39. The van der Waals surface area contributed by atoms with Crippen molar-refractivity contribution in [3.8, 4) is 11.5 Å². The largest absolute Gasteiger partial charge is 0.454 e. The van der Waals surface area contributed by atoms with Crippen molar-refractivity contribution < 1.29 is 14.4 Å². The maximum absolute atomic E-state index is 11.9. The van der Waals surface area contributed by atoms with Gasteiger partial charge in [0.25, 0.3) is 0 Å². The Hall–Kier alpha value is -3.14. The second kappa shape index (κ2) is 7.47. The van der Waals surface area contributed by atoms with Crippen LogP contribution in [0.4, 0.5) is 23.0 Å². The maximum Gasteiger partial charge on any atom is 0.353 e. The van der Waals surface area contributed by atoms with Gasteiger partial charge in [0.05, 0.1) is 4.92 Å². The van der Waals surface area contributed by atoms with Crippen molar-refractivity contribution in [1.29, 1.82) is 0 Å². The van der Waals surface area contributed by atoms with E-state index in [-0.39, 0.29) is 24.3 Å². The van der Waals surface area contributed by atoms with Gasteiger partial charge in [0, 0.05) is 24.8 Å². The SMILES string of the molecule is CN1CCC(N(C)c2ncnc(Nc3ccc4c(c3)OCO4)c2[N+](=O)[O-])CC1. The van der Waals surface area contributed by atoms with Crippen LogP contribution in [0.25, 0.3) is 0 Å². The number of nitro groups is 1. The Morgan fingerprint density at radius 1 is 1.25 bits per heavy atom. The molecule has 0 atom stereocenters. The van der Waals surface area contributed by atoms with E-state index in [0.717, 1.165) is 25.9 Å². The quantitative estimate of drug-likeness (QED) is 0.612. The molecule has 0 radical (unpaired) electrons. The first kappa shape index (κ1) is 18.2. The molecule has 28 heavy (non-hydrogen) atoms. The van der Waals surface area contributed by atoms with Crippen molar-refractivity contribution in [3.05, 3.63) is 34.6 Å². The van der Waals surface area contributed by atoms with Gasteiger partial charge in [-0.05, 0) is 45.1 Å². The number of nitrogens with zero attached hydrogens (tertiary/aromatic N) is 5. The van der Waals surface area contributed by atoms with Crippen molar-refractivity contribution in [3.63, 3.8) is 0 Å². The van der Waals surface area contributed by atoms with E-state index < -0.39 is 4.92 Å². The Balaban J connectivity index is 1.63. The lowest BCUT2D eigenvalue weighted by molar-refractivity contribution is -0.383. The monoisotopic (exact) mass is 386 g/mol. The Morgan fingerprint density at radius 2 is 2.00 bits per heavy atom. The topological polar surface area (TPSA) is 106 Å². The fraction of sp³-hybridized carbons (Fsp3) is 0.444. The molecule has 4 rings (SSSR count). The molecule has 2 aliphatic rings. The third kappa shape index (κ3) is 3.50. The number of hydrogen-bond acceptors (Lipinski definition) is 9. The first-order chi connectivity index (χ1) is 13.5. The molecule has 1 aromatic carbocycles. The third-order valence-corrected chi connectivity index (χ3v) is 5.19. The van der Waals surface area contributed by atoms with Crippen molar-refractivity contribution in [1.82, 2.24) is 14.9 Å². The van der Waals surface area contributed by atoms with Crippen LogP contribution in [0.1, 0.15) is 12.8 Å². The Bertz CT molecular complexity index is 884. The van der Waals surface area contributed by atoms with Gasteiger partial charge in [-0.3, -0.25) is 10.1 Å². The lowest BCUT2D eigenvalue weighted by atomic mass is 10.0. The summed E-state index contributed by atoms with van der Waals surface area (Å²) in [5.41, 5.74) is 0.487. The molecule has 1 aromatic heterocycles. The normalized spacial score (nSPS) is 16.8. The highest BCUT2D eigenvalue weighted by molar-refractivity contribution is 5.75. The molecule has 10 nitrogen and oxygen atoms in total. The number of hydrogen-bond donors (Lipinski definition) is 1. The number of likely N-dealkylation sites (tertiary alicyclic amines) is 1. The number of fused-ring (bicyclic) bond motifs is 1. The van der Waals surface area contributed by atoms with Crippen molar-refractivity contribution >= 4 is 23.0 Å². The van der Waals surface area contributed by atoms with E-state index in [1.165, 1.54) is 6.33 Å². The third-order valence-electron chi connectivity index (χ3n) is 5.19. The van der Waals surface area contributed by atoms with Crippen molar-refractivity contribution in [2.45, 2.75) is 18.9 Å². The number of ether oxygens (including phenoxy) is 2. The average molecular weight is 386 g/mol. The van der Waals surface area contributed by atoms with Gasteiger partial charge in [0.1, 0.15) is 6.33 Å². The van der Waals surface area contributed by atoms with E-state index in [1.807, 2.05) is 11.9 Å². The number of anilines is 3. The van der Waals surface area contributed by atoms with Gasteiger partial charge in [0.15, 0.2) is 11.5 Å². The minimum Gasteiger partial charge on any atom is -0.454 e. The molecule has 0 aliphatic carbocycles. The van der Waals surface area contributed by atoms with E-state index in [9.17, 15) is 10.1 Å². The van der Waals surface area contributed by atoms with E-state index >= 15 is 0 Å². The Kier molecular flexibility index (Phi) is 4.86. The highest BCUT2D eigenvalue weighted by Crippen LogP contribution is 2.38. The van der Waals surface area contributed by atoms with Crippen LogP contribution < -0.4 is 19.7 Å². The molecule has 2 aliphatic heterocycles. The molecule has 148 valence electrons. The molecule has 2 aromatic rings.